The van der Waals surface area contributed by atoms with Crippen molar-refractivity contribution in [1.29, 1.82) is 0 Å². The van der Waals surface area contributed by atoms with Gasteiger partial charge in [0, 0.05) is 17.6 Å². The van der Waals surface area contributed by atoms with Crippen LogP contribution in [-0.2, 0) is 0 Å². The highest BCUT2D eigenvalue weighted by molar-refractivity contribution is 5.94. The van der Waals surface area contributed by atoms with Gasteiger partial charge in [-0.05, 0) is 24.3 Å². The van der Waals surface area contributed by atoms with E-state index in [1.165, 1.54) is 22.9 Å². The van der Waals surface area contributed by atoms with Crippen molar-refractivity contribution in [2.75, 3.05) is 18.1 Å². The van der Waals surface area contributed by atoms with Gasteiger partial charge in [-0.25, -0.2) is 0 Å². The number of nitrogens with zero attached hydrogens (tertiary/aromatic N) is 1. The fourth-order valence-corrected chi connectivity index (χ4v) is 2.80. The summed E-state index contributed by atoms with van der Waals surface area (Å²) in [6.07, 6.45) is 2.27. The average Bonchev–Trinajstić information content (AvgIpc) is 2.86. The van der Waals surface area contributed by atoms with Gasteiger partial charge in [-0.15, -0.1) is 0 Å². The van der Waals surface area contributed by atoms with Gasteiger partial charge >= 0.3 is 0 Å². The lowest BCUT2D eigenvalue weighted by atomic mass is 10.1. The van der Waals surface area contributed by atoms with E-state index in [4.69, 9.17) is 0 Å². The maximum Gasteiger partial charge on any atom is 0.0635 e. The van der Waals surface area contributed by atoms with Crippen LogP contribution in [0.25, 0.3) is 10.8 Å². The van der Waals surface area contributed by atoms with Crippen molar-refractivity contribution < 1.29 is 5.11 Å². The number of aliphatic hydroxyl groups is 1. The summed E-state index contributed by atoms with van der Waals surface area (Å²) < 4.78 is 0. The molecule has 1 heterocycles. The molecule has 1 fully saturated rings. The predicted molar refractivity (Wildman–Crippen MR) is 71.4 cm³/mol. The van der Waals surface area contributed by atoms with Gasteiger partial charge in [-0.1, -0.05) is 36.4 Å². The molecule has 2 heteroatoms. The number of rotatable bonds is 2. The van der Waals surface area contributed by atoms with E-state index in [-0.39, 0.29) is 6.61 Å². The summed E-state index contributed by atoms with van der Waals surface area (Å²) in [4.78, 5) is 2.35. The van der Waals surface area contributed by atoms with Gasteiger partial charge in [0.2, 0.25) is 0 Å². The molecule has 1 unspecified atom stereocenters. The molecule has 1 aliphatic rings. The Morgan fingerprint density at radius 2 is 1.94 bits per heavy atom. The van der Waals surface area contributed by atoms with Crippen LogP contribution in [-0.4, -0.2) is 24.3 Å². The smallest absolute Gasteiger partial charge is 0.0635 e. The Labute approximate surface area is 101 Å². The lowest BCUT2D eigenvalue weighted by Crippen LogP contribution is -2.32. The maximum absolute atomic E-state index is 9.43. The van der Waals surface area contributed by atoms with Crippen LogP contribution in [0.1, 0.15) is 12.8 Å². The summed E-state index contributed by atoms with van der Waals surface area (Å²) in [6.45, 7) is 1.31. The molecule has 1 aliphatic heterocycles. The summed E-state index contributed by atoms with van der Waals surface area (Å²) in [7, 11) is 0. The minimum Gasteiger partial charge on any atom is -0.394 e. The normalized spacial score (nSPS) is 20.1. The average molecular weight is 227 g/mol. The molecule has 0 bridgehead atoms. The Morgan fingerprint density at radius 1 is 1.12 bits per heavy atom. The Bertz CT molecular complexity index is 518. The van der Waals surface area contributed by atoms with Crippen molar-refractivity contribution in [2.45, 2.75) is 18.9 Å². The quantitative estimate of drug-likeness (QED) is 0.852. The molecule has 17 heavy (non-hydrogen) atoms. The van der Waals surface area contributed by atoms with Gasteiger partial charge in [0.15, 0.2) is 0 Å². The van der Waals surface area contributed by atoms with Gasteiger partial charge in [-0.3, -0.25) is 0 Å². The molecule has 0 radical (unpaired) electrons. The van der Waals surface area contributed by atoms with E-state index in [1.807, 2.05) is 0 Å². The topological polar surface area (TPSA) is 23.5 Å². The molecule has 0 saturated carbocycles. The van der Waals surface area contributed by atoms with Gasteiger partial charge in [0.1, 0.15) is 0 Å². The lowest BCUT2D eigenvalue weighted by Gasteiger charge is -2.26. The SMILES string of the molecule is OCC1CCCN1c1cccc2ccccc12. The molecule has 2 aromatic carbocycles. The van der Waals surface area contributed by atoms with E-state index in [0.29, 0.717) is 6.04 Å². The van der Waals surface area contributed by atoms with Crippen molar-refractivity contribution in [3.63, 3.8) is 0 Å². The minimum absolute atomic E-state index is 0.253. The lowest BCUT2D eigenvalue weighted by molar-refractivity contribution is 0.266. The molecule has 3 rings (SSSR count). The second kappa shape index (κ2) is 4.38. The van der Waals surface area contributed by atoms with Crippen LogP contribution in [0.3, 0.4) is 0 Å². The number of benzene rings is 2. The van der Waals surface area contributed by atoms with Gasteiger partial charge in [0.05, 0.1) is 12.6 Å². The van der Waals surface area contributed by atoms with Crippen LogP contribution >= 0.6 is 0 Å². The van der Waals surface area contributed by atoms with Crippen LogP contribution in [0.5, 0.6) is 0 Å². The highest BCUT2D eigenvalue weighted by atomic mass is 16.3. The molecule has 0 aliphatic carbocycles. The van der Waals surface area contributed by atoms with Crippen LogP contribution in [0, 0.1) is 0 Å². The van der Waals surface area contributed by atoms with E-state index >= 15 is 0 Å². The molecular weight excluding hydrogens is 210 g/mol. The summed E-state index contributed by atoms with van der Waals surface area (Å²) in [5.41, 5.74) is 1.26. The number of hydrogen-bond acceptors (Lipinski definition) is 2. The Hall–Kier alpha value is -1.54. The number of aliphatic hydroxyl groups excluding tert-OH is 1. The van der Waals surface area contributed by atoms with E-state index in [0.717, 1.165) is 13.0 Å². The van der Waals surface area contributed by atoms with E-state index in [9.17, 15) is 5.11 Å². The van der Waals surface area contributed by atoms with E-state index in [1.54, 1.807) is 0 Å². The van der Waals surface area contributed by atoms with Crippen molar-refractivity contribution >= 4 is 16.5 Å². The molecule has 88 valence electrons. The zero-order chi connectivity index (χ0) is 11.7. The highest BCUT2D eigenvalue weighted by Crippen LogP contribution is 2.31. The van der Waals surface area contributed by atoms with Gasteiger partial charge in [0.25, 0.3) is 0 Å². The molecule has 1 atom stereocenters. The maximum atomic E-state index is 9.43. The van der Waals surface area contributed by atoms with E-state index in [2.05, 4.69) is 47.4 Å². The third-order valence-corrected chi connectivity index (χ3v) is 3.66. The zero-order valence-corrected chi connectivity index (χ0v) is 9.84. The predicted octanol–water partition coefficient (Wildman–Crippen LogP) is 2.80. The molecule has 0 spiro atoms. The molecule has 1 saturated heterocycles. The largest absolute Gasteiger partial charge is 0.394 e. The van der Waals surface area contributed by atoms with Crippen LogP contribution in [0.2, 0.25) is 0 Å². The van der Waals surface area contributed by atoms with Gasteiger partial charge < -0.3 is 10.0 Å². The highest BCUT2D eigenvalue weighted by Gasteiger charge is 2.24. The van der Waals surface area contributed by atoms with E-state index < -0.39 is 0 Å². The number of fused-ring (bicyclic) bond motifs is 1. The minimum atomic E-state index is 0.253. The first kappa shape index (κ1) is 10.6. The zero-order valence-electron chi connectivity index (χ0n) is 9.84. The third kappa shape index (κ3) is 1.79. The summed E-state index contributed by atoms with van der Waals surface area (Å²) >= 11 is 0. The van der Waals surface area contributed by atoms with Crippen molar-refractivity contribution in [1.82, 2.24) is 0 Å². The second-order valence-corrected chi connectivity index (χ2v) is 4.67. The van der Waals surface area contributed by atoms with Crippen LogP contribution < -0.4 is 4.90 Å². The number of hydrogen-bond donors (Lipinski definition) is 1. The fourth-order valence-electron chi connectivity index (χ4n) is 2.80. The molecule has 2 aromatic rings. The molecule has 0 aromatic heterocycles. The second-order valence-electron chi connectivity index (χ2n) is 4.67. The first-order chi connectivity index (χ1) is 8.40. The first-order valence-electron chi connectivity index (χ1n) is 6.25. The van der Waals surface area contributed by atoms with Crippen molar-refractivity contribution in [3.05, 3.63) is 42.5 Å². The fraction of sp³-hybridized carbons (Fsp3) is 0.333. The monoisotopic (exact) mass is 227 g/mol. The Morgan fingerprint density at radius 3 is 2.82 bits per heavy atom. The Balaban J connectivity index is 2.10. The standard InChI is InChI=1S/C15H17NO/c17-11-13-7-4-10-16(13)15-9-3-6-12-5-1-2-8-14(12)15/h1-3,5-6,8-9,13,17H,4,7,10-11H2. The van der Waals surface area contributed by atoms with Crippen molar-refractivity contribution in [3.8, 4) is 0 Å². The van der Waals surface area contributed by atoms with Crippen LogP contribution in [0.15, 0.2) is 42.5 Å². The summed E-state index contributed by atoms with van der Waals surface area (Å²) in [5.74, 6) is 0. The van der Waals surface area contributed by atoms with Crippen LogP contribution in [0.4, 0.5) is 5.69 Å². The Kier molecular flexibility index (Phi) is 2.73. The third-order valence-electron chi connectivity index (χ3n) is 3.66. The molecule has 1 N–H and O–H groups in total. The first-order valence-corrected chi connectivity index (χ1v) is 6.25. The summed E-state index contributed by atoms with van der Waals surface area (Å²) in [6, 6.07) is 15.2. The van der Waals surface area contributed by atoms with Gasteiger partial charge in [-0.2, -0.15) is 0 Å². The summed E-state index contributed by atoms with van der Waals surface area (Å²) in [5, 5.41) is 12.0. The number of anilines is 1. The molecule has 2 nitrogen and oxygen atoms in total. The molecule has 0 amide bonds. The van der Waals surface area contributed by atoms with Crippen molar-refractivity contribution in [2.24, 2.45) is 0 Å². The molecular formula is C15H17NO.